The molecule has 3 heterocycles. The molecule has 0 aliphatic carbocycles. The molecule has 1 amide bonds. The highest BCUT2D eigenvalue weighted by atomic mass is 32.2. The van der Waals surface area contributed by atoms with Gasteiger partial charge in [0.15, 0.2) is 5.65 Å². The van der Waals surface area contributed by atoms with Crippen LogP contribution in [0.4, 0.5) is 5.69 Å². The quantitative estimate of drug-likeness (QED) is 0.641. The number of benzene rings is 1. The molecule has 3 aromatic rings. The number of likely N-dealkylation sites (tertiary alicyclic amines) is 1. The molecule has 0 unspecified atom stereocenters. The van der Waals surface area contributed by atoms with Gasteiger partial charge in [-0.3, -0.25) is 4.79 Å². The van der Waals surface area contributed by atoms with Gasteiger partial charge < -0.3 is 9.80 Å². The van der Waals surface area contributed by atoms with Crippen molar-refractivity contribution in [2.45, 2.75) is 37.6 Å². The Kier molecular flexibility index (Phi) is 5.38. The third-order valence-corrected chi connectivity index (χ3v) is 7.45. The summed E-state index contributed by atoms with van der Waals surface area (Å²) in [6, 6.07) is 10.1. The van der Waals surface area contributed by atoms with E-state index in [-0.39, 0.29) is 16.8 Å². The number of aromatic nitrogens is 2. The zero-order valence-electron chi connectivity index (χ0n) is 17.4. The lowest BCUT2D eigenvalue weighted by atomic mass is 10.0. The number of nitrogens with zero attached hydrogens (tertiary/aromatic N) is 4. The van der Waals surface area contributed by atoms with Crippen LogP contribution < -0.4 is 4.90 Å². The molecule has 0 atom stereocenters. The molecular weight excluding hydrogens is 400 g/mol. The molecule has 4 rings (SSSR count). The van der Waals surface area contributed by atoms with Gasteiger partial charge in [0.2, 0.25) is 5.91 Å². The Bertz CT molecular complexity index is 1180. The van der Waals surface area contributed by atoms with E-state index in [2.05, 4.69) is 16.9 Å². The number of rotatable bonds is 4. The Balaban J connectivity index is 1.86. The minimum Gasteiger partial charge on any atom is -0.308 e. The lowest BCUT2D eigenvalue weighted by Crippen LogP contribution is -2.46. The number of pyridine rings is 1. The fourth-order valence-corrected chi connectivity index (χ4v) is 5.54. The average Bonchev–Trinajstić information content (AvgIpc) is 3.16. The fraction of sp³-hybridized carbons (Fsp3) is 0.364. The molecule has 0 saturated carbocycles. The van der Waals surface area contributed by atoms with Crippen molar-refractivity contribution in [3.63, 3.8) is 0 Å². The van der Waals surface area contributed by atoms with Gasteiger partial charge in [-0.2, -0.15) is 0 Å². The summed E-state index contributed by atoms with van der Waals surface area (Å²) in [5, 5.41) is 0.670. The van der Waals surface area contributed by atoms with Gasteiger partial charge in [-0.25, -0.2) is 17.4 Å². The van der Waals surface area contributed by atoms with Crippen molar-refractivity contribution in [3.8, 4) is 0 Å². The zero-order valence-corrected chi connectivity index (χ0v) is 18.3. The van der Waals surface area contributed by atoms with Crippen LogP contribution in [-0.2, 0) is 14.8 Å². The molecule has 8 heteroatoms. The lowest BCUT2D eigenvalue weighted by molar-refractivity contribution is -0.117. The Hall–Kier alpha value is -2.71. The fourth-order valence-electron chi connectivity index (χ4n) is 4.22. The summed E-state index contributed by atoms with van der Waals surface area (Å²) in [5.74, 6) is -0.0428. The van der Waals surface area contributed by atoms with E-state index < -0.39 is 10.0 Å². The first-order chi connectivity index (χ1) is 14.3. The van der Waals surface area contributed by atoms with Crippen molar-refractivity contribution >= 4 is 32.7 Å². The van der Waals surface area contributed by atoms with Crippen LogP contribution in [0.1, 0.15) is 25.3 Å². The van der Waals surface area contributed by atoms with E-state index in [9.17, 15) is 13.2 Å². The van der Waals surface area contributed by atoms with E-state index in [0.29, 0.717) is 11.0 Å². The van der Waals surface area contributed by atoms with Gasteiger partial charge in [0.1, 0.15) is 0 Å². The SMILES string of the molecule is CC(=O)N(c1c(C)cnc2c1ccn2S(=O)(=O)c1ccccc1)C1CCN(C)CC1. The van der Waals surface area contributed by atoms with E-state index >= 15 is 0 Å². The first-order valence-electron chi connectivity index (χ1n) is 10.1. The standard InChI is InChI=1S/C22H26N4O3S/c1-16-15-23-22-20(11-14-25(22)30(28,29)19-7-5-4-6-8-19)21(16)26(17(2)27)18-9-12-24(3)13-10-18/h4-8,11,14-15,18H,9-10,12-13H2,1-3H3. The molecule has 1 saturated heterocycles. The molecular formula is C22H26N4O3S. The minimum atomic E-state index is -3.79. The van der Waals surface area contributed by atoms with Gasteiger partial charge in [0.05, 0.1) is 10.6 Å². The number of carbonyl (C=O) groups excluding carboxylic acids is 1. The Morgan fingerprint density at radius 1 is 1.13 bits per heavy atom. The third-order valence-electron chi connectivity index (χ3n) is 5.77. The lowest BCUT2D eigenvalue weighted by Gasteiger charge is -2.37. The van der Waals surface area contributed by atoms with E-state index in [1.54, 1.807) is 49.5 Å². The molecule has 30 heavy (non-hydrogen) atoms. The van der Waals surface area contributed by atoms with E-state index in [4.69, 9.17) is 0 Å². The molecule has 1 fully saturated rings. The second kappa shape index (κ2) is 7.85. The maximum absolute atomic E-state index is 13.2. The number of hydrogen-bond donors (Lipinski definition) is 0. The number of amides is 1. The number of anilines is 1. The highest BCUT2D eigenvalue weighted by Gasteiger charge is 2.30. The molecule has 0 spiro atoms. The molecule has 1 aliphatic heterocycles. The number of fused-ring (bicyclic) bond motifs is 1. The predicted octanol–water partition coefficient (Wildman–Crippen LogP) is 3.03. The van der Waals surface area contributed by atoms with Gasteiger partial charge >= 0.3 is 0 Å². The summed E-state index contributed by atoms with van der Waals surface area (Å²) in [7, 11) is -1.70. The molecule has 2 aromatic heterocycles. The van der Waals surface area contributed by atoms with Crippen LogP contribution in [0.25, 0.3) is 11.0 Å². The largest absolute Gasteiger partial charge is 0.308 e. The van der Waals surface area contributed by atoms with Gasteiger partial charge in [-0.15, -0.1) is 0 Å². The van der Waals surface area contributed by atoms with Crippen molar-refractivity contribution in [1.82, 2.24) is 13.9 Å². The Labute approximate surface area is 177 Å². The summed E-state index contributed by atoms with van der Waals surface area (Å²) in [6.45, 7) is 5.33. The van der Waals surface area contributed by atoms with Crippen LogP contribution in [0.5, 0.6) is 0 Å². The Morgan fingerprint density at radius 2 is 1.80 bits per heavy atom. The summed E-state index contributed by atoms with van der Waals surface area (Å²) < 4.78 is 27.6. The minimum absolute atomic E-state index is 0.0428. The van der Waals surface area contributed by atoms with Gasteiger partial charge in [0.25, 0.3) is 10.0 Å². The van der Waals surface area contributed by atoms with Crippen molar-refractivity contribution in [2.75, 3.05) is 25.0 Å². The molecule has 0 bridgehead atoms. The highest BCUT2D eigenvalue weighted by Crippen LogP contribution is 2.34. The smallest absolute Gasteiger partial charge is 0.269 e. The van der Waals surface area contributed by atoms with Crippen molar-refractivity contribution < 1.29 is 13.2 Å². The van der Waals surface area contributed by atoms with E-state index in [1.807, 2.05) is 11.8 Å². The van der Waals surface area contributed by atoms with Gasteiger partial charge in [-0.05, 0) is 63.7 Å². The Morgan fingerprint density at radius 3 is 2.43 bits per heavy atom. The van der Waals surface area contributed by atoms with Crippen LogP contribution in [-0.4, -0.2) is 54.4 Å². The topological polar surface area (TPSA) is 75.5 Å². The van der Waals surface area contributed by atoms with E-state index in [1.165, 1.54) is 10.2 Å². The summed E-state index contributed by atoms with van der Waals surface area (Å²) in [4.78, 5) is 21.4. The molecule has 1 aliphatic rings. The van der Waals surface area contributed by atoms with Crippen LogP contribution in [0.3, 0.4) is 0 Å². The summed E-state index contributed by atoms with van der Waals surface area (Å²) >= 11 is 0. The van der Waals surface area contributed by atoms with E-state index in [0.717, 1.165) is 37.2 Å². The predicted molar refractivity (Wildman–Crippen MR) is 117 cm³/mol. The van der Waals surface area contributed by atoms with Crippen molar-refractivity contribution in [1.29, 1.82) is 0 Å². The van der Waals surface area contributed by atoms with Crippen molar-refractivity contribution in [2.24, 2.45) is 0 Å². The van der Waals surface area contributed by atoms with Gasteiger partial charge in [0, 0.05) is 30.7 Å². The highest BCUT2D eigenvalue weighted by molar-refractivity contribution is 7.90. The first-order valence-corrected chi connectivity index (χ1v) is 11.5. The summed E-state index contributed by atoms with van der Waals surface area (Å²) in [5.41, 5.74) is 1.94. The van der Waals surface area contributed by atoms with Crippen LogP contribution >= 0.6 is 0 Å². The van der Waals surface area contributed by atoms with Crippen LogP contribution in [0.2, 0.25) is 0 Å². The normalized spacial score (nSPS) is 16.1. The van der Waals surface area contributed by atoms with Gasteiger partial charge in [-0.1, -0.05) is 18.2 Å². The third kappa shape index (κ3) is 3.50. The number of aryl methyl sites for hydroxylation is 1. The first kappa shape index (κ1) is 20.6. The maximum atomic E-state index is 13.2. The second-order valence-corrected chi connectivity index (χ2v) is 9.70. The monoisotopic (exact) mass is 426 g/mol. The maximum Gasteiger partial charge on any atom is 0.269 e. The van der Waals surface area contributed by atoms with Crippen LogP contribution in [0, 0.1) is 6.92 Å². The molecule has 0 N–H and O–H groups in total. The molecule has 0 radical (unpaired) electrons. The molecule has 7 nitrogen and oxygen atoms in total. The second-order valence-electron chi connectivity index (χ2n) is 7.88. The van der Waals surface area contributed by atoms with Crippen molar-refractivity contribution in [3.05, 3.63) is 54.4 Å². The number of carbonyl (C=O) groups is 1. The summed E-state index contributed by atoms with van der Waals surface area (Å²) in [6.07, 6.45) is 4.93. The average molecular weight is 427 g/mol. The number of piperidine rings is 1. The molecule has 158 valence electrons. The number of hydrogen-bond acceptors (Lipinski definition) is 5. The van der Waals surface area contributed by atoms with Crippen LogP contribution in [0.15, 0.2) is 53.7 Å². The molecule has 1 aromatic carbocycles. The zero-order chi connectivity index (χ0) is 21.5.